The fraction of sp³-hybridized carbons (Fsp3) is 0.600. The highest BCUT2D eigenvalue weighted by atomic mass is 35.5. The van der Waals surface area contributed by atoms with Crippen LogP contribution in [0.15, 0.2) is 18.2 Å². The Bertz CT molecular complexity index is 409. The summed E-state index contributed by atoms with van der Waals surface area (Å²) in [5.41, 5.74) is 0.860. The molecule has 1 aromatic rings. The molecule has 108 valence electrons. The Morgan fingerprint density at radius 2 is 1.84 bits per heavy atom. The molecule has 0 saturated carbocycles. The predicted molar refractivity (Wildman–Crippen MR) is 76.5 cm³/mol. The van der Waals surface area contributed by atoms with Crippen molar-refractivity contribution in [2.45, 2.75) is 39.2 Å². The maximum absolute atomic E-state index is 13.2. The summed E-state index contributed by atoms with van der Waals surface area (Å²) in [7, 11) is 0. The third-order valence-electron chi connectivity index (χ3n) is 4.02. The summed E-state index contributed by atoms with van der Waals surface area (Å²) in [6, 6.07) is 4.38. The number of benzene rings is 1. The van der Waals surface area contributed by atoms with Crippen LogP contribution in [0, 0.1) is 23.5 Å². The summed E-state index contributed by atoms with van der Waals surface area (Å²) in [6.45, 7) is 5.46. The molecule has 4 heteroatoms. The van der Waals surface area contributed by atoms with Gasteiger partial charge in [0.1, 0.15) is 0 Å². The van der Waals surface area contributed by atoms with Gasteiger partial charge in [-0.3, -0.25) is 0 Å². The Labute approximate surface area is 120 Å². The van der Waals surface area contributed by atoms with E-state index in [1.54, 1.807) is 6.07 Å². The lowest BCUT2D eigenvalue weighted by Gasteiger charge is -2.18. The van der Waals surface area contributed by atoms with E-state index in [0.29, 0.717) is 5.92 Å². The highest BCUT2D eigenvalue weighted by Gasteiger charge is 2.22. The average Bonchev–Trinajstić information content (AvgIpc) is 2.58. The molecule has 1 fully saturated rings. The van der Waals surface area contributed by atoms with E-state index in [-0.39, 0.29) is 18.4 Å². The average molecular weight is 290 g/mol. The van der Waals surface area contributed by atoms with Crippen LogP contribution in [-0.4, -0.2) is 6.54 Å². The van der Waals surface area contributed by atoms with Gasteiger partial charge < -0.3 is 5.32 Å². The monoisotopic (exact) mass is 289 g/mol. The standard InChI is InChI=1S/C15H21F2N.ClH/c1-10(2)11-4-6-15(18-8-7-11)12-3-5-13(16)14(17)9-12;/h3,5,9-11,15,18H,4,6-8H2,1-2H3;1H. The first kappa shape index (κ1) is 16.4. The van der Waals surface area contributed by atoms with Gasteiger partial charge in [-0.2, -0.15) is 0 Å². The molecule has 2 atom stereocenters. The van der Waals surface area contributed by atoms with E-state index in [1.807, 2.05) is 0 Å². The molecule has 1 N–H and O–H groups in total. The molecule has 2 unspecified atom stereocenters. The lowest BCUT2D eigenvalue weighted by Crippen LogP contribution is -2.20. The molecule has 1 nitrogen and oxygen atoms in total. The summed E-state index contributed by atoms with van der Waals surface area (Å²) >= 11 is 0. The molecule has 1 saturated heterocycles. The number of rotatable bonds is 2. The highest BCUT2D eigenvalue weighted by Crippen LogP contribution is 2.30. The second-order valence-corrected chi connectivity index (χ2v) is 5.55. The molecule has 19 heavy (non-hydrogen) atoms. The summed E-state index contributed by atoms with van der Waals surface area (Å²) < 4.78 is 26.2. The smallest absolute Gasteiger partial charge is 0.159 e. The third-order valence-corrected chi connectivity index (χ3v) is 4.02. The van der Waals surface area contributed by atoms with Crippen molar-refractivity contribution in [1.29, 1.82) is 0 Å². The molecule has 0 aromatic heterocycles. The molecule has 0 spiro atoms. The topological polar surface area (TPSA) is 12.0 Å². The maximum Gasteiger partial charge on any atom is 0.159 e. The first-order valence-corrected chi connectivity index (χ1v) is 6.76. The van der Waals surface area contributed by atoms with E-state index >= 15 is 0 Å². The second-order valence-electron chi connectivity index (χ2n) is 5.55. The first-order valence-electron chi connectivity index (χ1n) is 6.76. The van der Waals surface area contributed by atoms with E-state index < -0.39 is 11.6 Å². The van der Waals surface area contributed by atoms with Crippen LogP contribution >= 0.6 is 12.4 Å². The lowest BCUT2D eigenvalue weighted by molar-refractivity contribution is 0.347. The lowest BCUT2D eigenvalue weighted by atomic mass is 9.88. The minimum atomic E-state index is -0.771. The molecule has 1 aliphatic rings. The molecule has 0 bridgehead atoms. The van der Waals surface area contributed by atoms with Crippen molar-refractivity contribution < 1.29 is 8.78 Å². The molecule has 2 rings (SSSR count). The molecule has 0 amide bonds. The van der Waals surface area contributed by atoms with Crippen LogP contribution < -0.4 is 5.32 Å². The van der Waals surface area contributed by atoms with Gasteiger partial charge in [0.2, 0.25) is 0 Å². The van der Waals surface area contributed by atoms with E-state index in [1.165, 1.54) is 12.1 Å². The van der Waals surface area contributed by atoms with Crippen molar-refractivity contribution in [3.05, 3.63) is 35.4 Å². The summed E-state index contributed by atoms with van der Waals surface area (Å²) in [6.07, 6.45) is 3.31. The van der Waals surface area contributed by atoms with Crippen molar-refractivity contribution >= 4 is 12.4 Å². The van der Waals surface area contributed by atoms with Gasteiger partial charge in [0.25, 0.3) is 0 Å². The third kappa shape index (κ3) is 4.15. The van der Waals surface area contributed by atoms with Gasteiger partial charge in [-0.1, -0.05) is 19.9 Å². The van der Waals surface area contributed by atoms with Crippen LogP contribution in [0.2, 0.25) is 0 Å². The summed E-state index contributed by atoms with van der Waals surface area (Å²) in [5, 5.41) is 3.44. The van der Waals surface area contributed by atoms with Crippen molar-refractivity contribution in [2.24, 2.45) is 11.8 Å². The Morgan fingerprint density at radius 1 is 1.11 bits per heavy atom. The Balaban J connectivity index is 0.00000180. The van der Waals surface area contributed by atoms with Gasteiger partial charge in [0.05, 0.1) is 0 Å². The van der Waals surface area contributed by atoms with Crippen molar-refractivity contribution in [3.8, 4) is 0 Å². The van der Waals surface area contributed by atoms with E-state index in [0.717, 1.165) is 37.3 Å². The van der Waals surface area contributed by atoms with Gasteiger partial charge in [0.15, 0.2) is 11.6 Å². The Hall–Kier alpha value is -0.670. The Morgan fingerprint density at radius 3 is 2.47 bits per heavy atom. The van der Waals surface area contributed by atoms with Crippen LogP contribution in [0.4, 0.5) is 8.78 Å². The SMILES string of the molecule is CC(C)C1CCNC(c2ccc(F)c(F)c2)CC1.Cl. The number of hydrogen-bond donors (Lipinski definition) is 1. The highest BCUT2D eigenvalue weighted by molar-refractivity contribution is 5.85. The molecule has 1 aromatic carbocycles. The normalized spacial score (nSPS) is 23.8. The molecule has 1 aliphatic heterocycles. The van der Waals surface area contributed by atoms with Gasteiger partial charge >= 0.3 is 0 Å². The molecular weight excluding hydrogens is 268 g/mol. The first-order chi connectivity index (χ1) is 8.58. The summed E-state index contributed by atoms with van der Waals surface area (Å²) in [5.74, 6) is -0.102. The number of nitrogens with one attached hydrogen (secondary N) is 1. The van der Waals surface area contributed by atoms with Crippen LogP contribution in [0.1, 0.15) is 44.7 Å². The van der Waals surface area contributed by atoms with E-state index in [4.69, 9.17) is 0 Å². The minimum absolute atomic E-state index is 0. The molecule has 0 aliphatic carbocycles. The van der Waals surface area contributed by atoms with Crippen molar-refractivity contribution in [2.75, 3.05) is 6.54 Å². The van der Waals surface area contributed by atoms with Crippen LogP contribution in [0.3, 0.4) is 0 Å². The fourth-order valence-corrected chi connectivity index (χ4v) is 2.75. The fourth-order valence-electron chi connectivity index (χ4n) is 2.75. The van der Waals surface area contributed by atoms with Crippen LogP contribution in [0.25, 0.3) is 0 Å². The zero-order valence-electron chi connectivity index (χ0n) is 11.5. The second kappa shape index (κ2) is 7.20. The number of halogens is 3. The molecule has 0 radical (unpaired) electrons. The van der Waals surface area contributed by atoms with E-state index in [2.05, 4.69) is 19.2 Å². The van der Waals surface area contributed by atoms with Crippen LogP contribution in [-0.2, 0) is 0 Å². The van der Waals surface area contributed by atoms with Crippen LogP contribution in [0.5, 0.6) is 0 Å². The minimum Gasteiger partial charge on any atom is -0.310 e. The van der Waals surface area contributed by atoms with Crippen molar-refractivity contribution in [3.63, 3.8) is 0 Å². The summed E-state index contributed by atoms with van der Waals surface area (Å²) in [4.78, 5) is 0. The van der Waals surface area contributed by atoms with Crippen molar-refractivity contribution in [1.82, 2.24) is 5.32 Å². The van der Waals surface area contributed by atoms with Gasteiger partial charge in [0, 0.05) is 6.04 Å². The Kier molecular flexibility index (Phi) is 6.21. The zero-order chi connectivity index (χ0) is 13.1. The maximum atomic E-state index is 13.2. The molecule has 1 heterocycles. The van der Waals surface area contributed by atoms with Gasteiger partial charge in [-0.25, -0.2) is 8.78 Å². The predicted octanol–water partition coefficient (Wildman–Crippen LogP) is 4.47. The van der Waals surface area contributed by atoms with Gasteiger partial charge in [-0.15, -0.1) is 12.4 Å². The largest absolute Gasteiger partial charge is 0.310 e. The van der Waals surface area contributed by atoms with E-state index in [9.17, 15) is 8.78 Å². The quantitative estimate of drug-likeness (QED) is 0.847. The van der Waals surface area contributed by atoms with Gasteiger partial charge in [-0.05, 0) is 55.3 Å². The number of hydrogen-bond acceptors (Lipinski definition) is 1. The zero-order valence-corrected chi connectivity index (χ0v) is 12.3. The molecular formula is C15H22ClF2N.